The fraction of sp³-hybridized carbons (Fsp3) is 0. The molecule has 2 aromatic heterocycles. The van der Waals surface area contributed by atoms with E-state index in [4.69, 9.17) is 14.5 Å². The van der Waals surface area contributed by atoms with Crippen molar-refractivity contribution in [3.63, 3.8) is 0 Å². The predicted octanol–water partition coefficient (Wildman–Crippen LogP) is -0.584. The SMILES string of the molecule is OB(O)c1cnc(-c2ccoc2)nc1. The van der Waals surface area contributed by atoms with Gasteiger partial charge in [-0.1, -0.05) is 0 Å². The van der Waals surface area contributed by atoms with Gasteiger partial charge in [0, 0.05) is 17.9 Å². The van der Waals surface area contributed by atoms with Gasteiger partial charge in [-0.05, 0) is 6.07 Å². The lowest BCUT2D eigenvalue weighted by atomic mass is 9.83. The van der Waals surface area contributed by atoms with E-state index in [1.54, 1.807) is 6.07 Å². The second-order valence-electron chi connectivity index (χ2n) is 2.73. The fourth-order valence-corrected chi connectivity index (χ4v) is 1.01. The molecule has 0 atom stereocenters. The van der Waals surface area contributed by atoms with Crippen LogP contribution in [0.2, 0.25) is 0 Å². The van der Waals surface area contributed by atoms with Crippen LogP contribution in [0.25, 0.3) is 11.4 Å². The van der Waals surface area contributed by atoms with Gasteiger partial charge in [-0.25, -0.2) is 9.97 Å². The number of hydrogen-bond donors (Lipinski definition) is 2. The van der Waals surface area contributed by atoms with Crippen LogP contribution in [-0.4, -0.2) is 27.1 Å². The molecule has 0 fully saturated rings. The minimum absolute atomic E-state index is 0.261. The van der Waals surface area contributed by atoms with Crippen LogP contribution in [-0.2, 0) is 0 Å². The largest absolute Gasteiger partial charge is 0.491 e. The van der Waals surface area contributed by atoms with E-state index in [0.29, 0.717) is 5.82 Å². The summed E-state index contributed by atoms with van der Waals surface area (Å²) in [6.45, 7) is 0. The average molecular weight is 190 g/mol. The summed E-state index contributed by atoms with van der Waals surface area (Å²) in [6, 6.07) is 1.73. The van der Waals surface area contributed by atoms with Crippen molar-refractivity contribution in [2.45, 2.75) is 0 Å². The van der Waals surface area contributed by atoms with Crippen molar-refractivity contribution in [1.82, 2.24) is 9.97 Å². The molecule has 0 spiro atoms. The van der Waals surface area contributed by atoms with Crippen LogP contribution in [0.5, 0.6) is 0 Å². The highest BCUT2D eigenvalue weighted by Gasteiger charge is 2.12. The highest BCUT2D eigenvalue weighted by atomic mass is 16.4. The maximum absolute atomic E-state index is 8.80. The predicted molar refractivity (Wildman–Crippen MR) is 49.6 cm³/mol. The number of rotatable bonds is 2. The Morgan fingerprint density at radius 3 is 2.43 bits per heavy atom. The molecule has 2 aromatic rings. The lowest BCUT2D eigenvalue weighted by Crippen LogP contribution is -2.30. The molecule has 2 heterocycles. The van der Waals surface area contributed by atoms with E-state index in [-0.39, 0.29) is 5.46 Å². The summed E-state index contributed by atoms with van der Waals surface area (Å²) in [5.41, 5.74) is 1.02. The summed E-state index contributed by atoms with van der Waals surface area (Å²) in [7, 11) is -1.53. The van der Waals surface area contributed by atoms with E-state index in [9.17, 15) is 0 Å². The van der Waals surface area contributed by atoms with Crippen molar-refractivity contribution in [1.29, 1.82) is 0 Å². The standard InChI is InChI=1S/C8H7BN2O3/c12-9(13)7-3-10-8(11-4-7)6-1-2-14-5-6/h1-5,12-13H. The molecule has 0 radical (unpaired) electrons. The van der Waals surface area contributed by atoms with Gasteiger partial charge in [0.2, 0.25) is 0 Å². The van der Waals surface area contributed by atoms with Crippen molar-refractivity contribution in [2.24, 2.45) is 0 Å². The van der Waals surface area contributed by atoms with Crippen molar-refractivity contribution in [2.75, 3.05) is 0 Å². The molecule has 0 saturated carbocycles. The summed E-state index contributed by atoms with van der Waals surface area (Å²) < 4.78 is 4.87. The topological polar surface area (TPSA) is 79.4 Å². The van der Waals surface area contributed by atoms with Gasteiger partial charge in [-0.3, -0.25) is 0 Å². The molecule has 2 N–H and O–H groups in total. The van der Waals surface area contributed by atoms with Crippen LogP contribution in [0.15, 0.2) is 35.4 Å². The van der Waals surface area contributed by atoms with E-state index in [2.05, 4.69) is 9.97 Å². The number of furan rings is 1. The van der Waals surface area contributed by atoms with Gasteiger partial charge in [-0.15, -0.1) is 0 Å². The normalized spacial score (nSPS) is 10.1. The van der Waals surface area contributed by atoms with E-state index in [1.807, 2.05) is 0 Å². The summed E-state index contributed by atoms with van der Waals surface area (Å²) in [5, 5.41) is 17.6. The Morgan fingerprint density at radius 2 is 1.93 bits per heavy atom. The second-order valence-corrected chi connectivity index (χ2v) is 2.73. The van der Waals surface area contributed by atoms with Crippen LogP contribution in [0.3, 0.4) is 0 Å². The summed E-state index contributed by atoms with van der Waals surface area (Å²) >= 11 is 0. The molecule has 0 amide bonds. The molecular formula is C8H7BN2O3. The van der Waals surface area contributed by atoms with Crippen molar-refractivity contribution in [3.8, 4) is 11.4 Å². The number of hydrogen-bond acceptors (Lipinski definition) is 5. The third-order valence-electron chi connectivity index (χ3n) is 1.75. The monoisotopic (exact) mass is 190 g/mol. The highest BCUT2D eigenvalue weighted by molar-refractivity contribution is 6.58. The summed E-state index contributed by atoms with van der Waals surface area (Å²) in [4.78, 5) is 7.90. The molecule has 0 aliphatic heterocycles. The first kappa shape index (κ1) is 8.92. The van der Waals surface area contributed by atoms with Crippen molar-refractivity contribution in [3.05, 3.63) is 31.0 Å². The smallest absolute Gasteiger partial charge is 0.472 e. The molecule has 0 aliphatic carbocycles. The quantitative estimate of drug-likeness (QED) is 0.619. The fourth-order valence-electron chi connectivity index (χ4n) is 1.01. The molecule has 2 rings (SSSR count). The van der Waals surface area contributed by atoms with Crippen LogP contribution in [0.1, 0.15) is 0 Å². The molecule has 0 aliphatic rings. The number of aromatic nitrogens is 2. The number of nitrogens with zero attached hydrogens (tertiary/aromatic N) is 2. The Morgan fingerprint density at radius 1 is 1.21 bits per heavy atom. The third-order valence-corrected chi connectivity index (χ3v) is 1.75. The zero-order valence-corrected chi connectivity index (χ0v) is 7.16. The van der Waals surface area contributed by atoms with Crippen LogP contribution in [0.4, 0.5) is 0 Å². The van der Waals surface area contributed by atoms with Gasteiger partial charge in [-0.2, -0.15) is 0 Å². The summed E-state index contributed by atoms with van der Waals surface area (Å²) in [5.74, 6) is 0.489. The molecule has 0 unspecified atom stereocenters. The Bertz CT molecular complexity index is 399. The van der Waals surface area contributed by atoms with Gasteiger partial charge in [0.15, 0.2) is 5.82 Å². The van der Waals surface area contributed by atoms with Gasteiger partial charge in [0.25, 0.3) is 0 Å². The Labute approximate surface area is 80.2 Å². The average Bonchev–Trinajstić information content (AvgIpc) is 2.71. The molecule has 0 aromatic carbocycles. The molecule has 14 heavy (non-hydrogen) atoms. The van der Waals surface area contributed by atoms with Gasteiger partial charge >= 0.3 is 7.12 Å². The van der Waals surface area contributed by atoms with E-state index >= 15 is 0 Å². The first-order valence-electron chi connectivity index (χ1n) is 3.98. The Balaban J connectivity index is 2.31. The van der Waals surface area contributed by atoms with Crippen LogP contribution < -0.4 is 5.46 Å². The molecular weight excluding hydrogens is 183 g/mol. The lowest BCUT2D eigenvalue weighted by Gasteiger charge is -1.98. The van der Waals surface area contributed by atoms with Gasteiger partial charge < -0.3 is 14.5 Å². The van der Waals surface area contributed by atoms with Gasteiger partial charge in [0.05, 0.1) is 11.8 Å². The Hall–Kier alpha value is -1.66. The molecule has 6 heteroatoms. The molecule has 70 valence electrons. The van der Waals surface area contributed by atoms with Crippen molar-refractivity contribution >= 4 is 12.6 Å². The highest BCUT2D eigenvalue weighted by Crippen LogP contribution is 2.12. The van der Waals surface area contributed by atoms with Crippen molar-refractivity contribution < 1.29 is 14.5 Å². The lowest BCUT2D eigenvalue weighted by molar-refractivity contribution is 0.425. The minimum atomic E-state index is -1.53. The van der Waals surface area contributed by atoms with E-state index in [0.717, 1.165) is 5.56 Å². The van der Waals surface area contributed by atoms with Crippen LogP contribution >= 0.6 is 0 Å². The molecule has 5 nitrogen and oxygen atoms in total. The van der Waals surface area contributed by atoms with E-state index < -0.39 is 7.12 Å². The first-order valence-corrected chi connectivity index (χ1v) is 3.98. The maximum atomic E-state index is 8.80. The van der Waals surface area contributed by atoms with Crippen LogP contribution in [0, 0.1) is 0 Å². The van der Waals surface area contributed by atoms with Gasteiger partial charge in [0.1, 0.15) is 6.26 Å². The Kier molecular flexibility index (Phi) is 2.30. The zero-order valence-electron chi connectivity index (χ0n) is 7.16. The minimum Gasteiger partial charge on any atom is -0.472 e. The maximum Gasteiger partial charge on any atom is 0.491 e. The molecule has 0 bridgehead atoms. The summed E-state index contributed by atoms with van der Waals surface area (Å²) in [6.07, 6.45) is 5.76. The third kappa shape index (κ3) is 1.66. The zero-order chi connectivity index (χ0) is 9.97. The first-order chi connectivity index (χ1) is 6.77. The second kappa shape index (κ2) is 3.61. The molecule has 0 saturated heterocycles. The van der Waals surface area contributed by atoms with E-state index in [1.165, 1.54) is 24.9 Å².